The third-order valence-corrected chi connectivity index (χ3v) is 7.62. The maximum atomic E-state index is 11.9. The number of rotatable bonds is 9. The van der Waals surface area contributed by atoms with Gasteiger partial charge in [0.1, 0.15) is 6.33 Å². The molecular formula is C23H32N6O3S. The molecule has 10 heteroatoms. The molecule has 1 aliphatic rings. The maximum absolute atomic E-state index is 11.9. The zero-order chi connectivity index (χ0) is 23.4. The average molecular weight is 473 g/mol. The van der Waals surface area contributed by atoms with Crippen molar-refractivity contribution in [3.63, 3.8) is 0 Å². The van der Waals surface area contributed by atoms with Gasteiger partial charge in [-0.15, -0.1) is 0 Å². The lowest BCUT2D eigenvalue weighted by Crippen LogP contribution is -2.52. The minimum Gasteiger partial charge on any atom is -0.491 e. The number of piperazine rings is 1. The Morgan fingerprint density at radius 1 is 1.30 bits per heavy atom. The number of hydrogen-bond donors (Lipinski definition) is 2. The molecule has 1 fully saturated rings. The van der Waals surface area contributed by atoms with Gasteiger partial charge in [-0.05, 0) is 56.6 Å². The quantitative estimate of drug-likeness (QED) is 0.492. The molecule has 1 aromatic carbocycles. The van der Waals surface area contributed by atoms with Gasteiger partial charge >= 0.3 is 0 Å². The number of methoxy groups -OCH3 is 1. The van der Waals surface area contributed by atoms with E-state index in [0.717, 1.165) is 61.3 Å². The number of ether oxygens (including phenoxy) is 1. The summed E-state index contributed by atoms with van der Waals surface area (Å²) in [5.74, 6) is 1.55. The van der Waals surface area contributed by atoms with Crippen molar-refractivity contribution >= 4 is 26.7 Å². The van der Waals surface area contributed by atoms with E-state index in [0.29, 0.717) is 11.8 Å². The van der Waals surface area contributed by atoms with Crippen LogP contribution in [0.5, 0.6) is 5.75 Å². The Labute approximate surface area is 195 Å². The van der Waals surface area contributed by atoms with E-state index in [2.05, 4.69) is 36.4 Å². The predicted molar refractivity (Wildman–Crippen MR) is 130 cm³/mol. The van der Waals surface area contributed by atoms with E-state index in [4.69, 9.17) is 4.74 Å². The lowest BCUT2D eigenvalue weighted by atomic mass is 10.1. The zero-order valence-corrected chi connectivity index (χ0v) is 20.2. The van der Waals surface area contributed by atoms with E-state index < -0.39 is 10.0 Å². The predicted octanol–water partition coefficient (Wildman–Crippen LogP) is 2.16. The monoisotopic (exact) mass is 472 g/mol. The molecule has 0 aliphatic carbocycles. The molecular weight excluding hydrogens is 440 g/mol. The van der Waals surface area contributed by atoms with Gasteiger partial charge in [-0.2, -0.15) is 0 Å². The molecule has 9 nitrogen and oxygen atoms in total. The zero-order valence-electron chi connectivity index (χ0n) is 19.4. The molecule has 1 atom stereocenters. The van der Waals surface area contributed by atoms with Crippen LogP contribution in [-0.4, -0.2) is 74.6 Å². The number of sulfonamides is 1. The van der Waals surface area contributed by atoms with Gasteiger partial charge in [0.25, 0.3) is 0 Å². The number of nitrogens with zero attached hydrogens (tertiary/aromatic N) is 4. The second kappa shape index (κ2) is 10.1. The first-order valence-electron chi connectivity index (χ1n) is 11.2. The first-order valence-corrected chi connectivity index (χ1v) is 12.9. The van der Waals surface area contributed by atoms with E-state index in [9.17, 15) is 8.42 Å². The smallest absolute Gasteiger partial charge is 0.215 e. The van der Waals surface area contributed by atoms with Gasteiger partial charge in [-0.1, -0.05) is 6.07 Å². The highest BCUT2D eigenvalue weighted by molar-refractivity contribution is 7.88. The van der Waals surface area contributed by atoms with Gasteiger partial charge in [0, 0.05) is 42.8 Å². The fourth-order valence-corrected chi connectivity index (χ4v) is 5.29. The third-order valence-electron chi connectivity index (χ3n) is 6.28. The number of H-pyrrole nitrogens is 1. The minimum atomic E-state index is -3.29. The maximum Gasteiger partial charge on any atom is 0.215 e. The summed E-state index contributed by atoms with van der Waals surface area (Å²) in [6.07, 6.45) is 7.30. The Bertz CT molecular complexity index is 1200. The second-order valence-corrected chi connectivity index (χ2v) is 10.4. The summed E-state index contributed by atoms with van der Waals surface area (Å²) in [5, 5.41) is 1.10. The van der Waals surface area contributed by atoms with Gasteiger partial charge in [0.15, 0.2) is 11.6 Å². The molecule has 33 heavy (non-hydrogen) atoms. The molecule has 3 heterocycles. The number of anilines is 1. The molecule has 178 valence electrons. The first-order chi connectivity index (χ1) is 15.9. The van der Waals surface area contributed by atoms with E-state index in [1.807, 2.05) is 24.4 Å². The Kier molecular flexibility index (Phi) is 7.16. The summed E-state index contributed by atoms with van der Waals surface area (Å²) in [7, 11) is -0.196. The summed E-state index contributed by atoms with van der Waals surface area (Å²) in [6.45, 7) is 6.06. The molecule has 3 aromatic rings. The first kappa shape index (κ1) is 23.5. The van der Waals surface area contributed by atoms with Gasteiger partial charge < -0.3 is 14.6 Å². The standard InChI is InChI=1S/C23H32N6O3S/c1-17-14-28(9-10-29(17)23-22(32-3)13-25-16-27-23)8-4-5-19-12-26-21-7-6-18(11-20(19)21)15-33(30,31)24-2/h6-7,11-13,16-17,24,26H,4-5,8-10,14-15H2,1-3H3. The van der Waals surface area contributed by atoms with Crippen molar-refractivity contribution in [3.05, 3.63) is 48.0 Å². The molecule has 0 radical (unpaired) electrons. The van der Waals surface area contributed by atoms with Crippen molar-refractivity contribution in [3.8, 4) is 5.75 Å². The van der Waals surface area contributed by atoms with Crippen molar-refractivity contribution in [1.29, 1.82) is 0 Å². The largest absolute Gasteiger partial charge is 0.491 e. The number of aryl methyl sites for hydroxylation is 1. The van der Waals surface area contributed by atoms with Crippen LogP contribution in [0.1, 0.15) is 24.5 Å². The highest BCUT2D eigenvalue weighted by Crippen LogP contribution is 2.27. The molecule has 4 rings (SSSR count). The highest BCUT2D eigenvalue weighted by Gasteiger charge is 2.26. The highest BCUT2D eigenvalue weighted by atomic mass is 32.2. The van der Waals surface area contributed by atoms with E-state index >= 15 is 0 Å². The third kappa shape index (κ3) is 5.45. The van der Waals surface area contributed by atoms with Gasteiger partial charge in [0.2, 0.25) is 10.0 Å². The molecule has 1 unspecified atom stereocenters. The second-order valence-electron chi connectivity index (χ2n) is 8.52. The van der Waals surface area contributed by atoms with Crippen molar-refractivity contribution in [2.24, 2.45) is 0 Å². The molecule has 0 saturated carbocycles. The van der Waals surface area contributed by atoms with Crippen LogP contribution in [0.25, 0.3) is 10.9 Å². The summed E-state index contributed by atoms with van der Waals surface area (Å²) in [5.41, 5.74) is 3.06. The minimum absolute atomic E-state index is 0.0106. The molecule has 0 spiro atoms. The summed E-state index contributed by atoms with van der Waals surface area (Å²) in [4.78, 5) is 16.6. The van der Waals surface area contributed by atoms with Crippen LogP contribution in [0, 0.1) is 0 Å². The van der Waals surface area contributed by atoms with Crippen LogP contribution in [0.15, 0.2) is 36.9 Å². The van der Waals surface area contributed by atoms with Crippen molar-refractivity contribution < 1.29 is 13.2 Å². The lowest BCUT2D eigenvalue weighted by Gasteiger charge is -2.40. The van der Waals surface area contributed by atoms with Crippen molar-refractivity contribution in [2.45, 2.75) is 31.6 Å². The number of nitrogens with one attached hydrogen (secondary N) is 2. The van der Waals surface area contributed by atoms with Crippen LogP contribution < -0.4 is 14.4 Å². The molecule has 1 aliphatic heterocycles. The Morgan fingerprint density at radius 2 is 2.15 bits per heavy atom. The number of aromatic nitrogens is 3. The summed E-state index contributed by atoms with van der Waals surface area (Å²) >= 11 is 0. The fraction of sp³-hybridized carbons (Fsp3) is 0.478. The van der Waals surface area contributed by atoms with E-state index in [1.165, 1.54) is 12.6 Å². The fourth-order valence-electron chi connectivity index (χ4n) is 4.53. The Morgan fingerprint density at radius 3 is 2.91 bits per heavy atom. The van der Waals surface area contributed by atoms with Crippen LogP contribution in [0.3, 0.4) is 0 Å². The van der Waals surface area contributed by atoms with E-state index in [1.54, 1.807) is 19.6 Å². The Balaban J connectivity index is 1.34. The number of hydrogen-bond acceptors (Lipinski definition) is 7. The van der Waals surface area contributed by atoms with Crippen LogP contribution in [0.2, 0.25) is 0 Å². The molecule has 2 aromatic heterocycles. The topological polar surface area (TPSA) is 103 Å². The molecule has 0 amide bonds. The van der Waals surface area contributed by atoms with E-state index in [-0.39, 0.29) is 5.75 Å². The normalized spacial score (nSPS) is 17.5. The van der Waals surface area contributed by atoms with Crippen molar-refractivity contribution in [1.82, 2.24) is 24.6 Å². The molecule has 2 N–H and O–H groups in total. The number of aromatic amines is 1. The molecule has 0 bridgehead atoms. The van der Waals surface area contributed by atoms with Gasteiger partial charge in [-0.3, -0.25) is 4.90 Å². The SMILES string of the molecule is CNS(=O)(=O)Cc1ccc2[nH]cc(CCCN3CCN(c4ncncc4OC)C(C)C3)c2c1. The van der Waals surface area contributed by atoms with Crippen molar-refractivity contribution in [2.75, 3.05) is 45.2 Å². The number of benzene rings is 1. The van der Waals surface area contributed by atoms with Crippen LogP contribution >= 0.6 is 0 Å². The van der Waals surface area contributed by atoms with Crippen LogP contribution in [-0.2, 0) is 22.2 Å². The van der Waals surface area contributed by atoms with Gasteiger partial charge in [0.05, 0.1) is 19.1 Å². The summed E-state index contributed by atoms with van der Waals surface area (Å²) < 4.78 is 31.6. The van der Waals surface area contributed by atoms with Crippen LogP contribution in [0.4, 0.5) is 5.82 Å². The molecule has 1 saturated heterocycles. The lowest BCUT2D eigenvalue weighted by molar-refractivity contribution is 0.225. The number of fused-ring (bicyclic) bond motifs is 1. The Hall–Kier alpha value is -2.69. The average Bonchev–Trinajstić information content (AvgIpc) is 3.21. The van der Waals surface area contributed by atoms with Gasteiger partial charge in [-0.25, -0.2) is 23.1 Å². The summed E-state index contributed by atoms with van der Waals surface area (Å²) in [6, 6.07) is 6.14.